The van der Waals surface area contributed by atoms with Gasteiger partial charge < -0.3 is 19.5 Å². The summed E-state index contributed by atoms with van der Waals surface area (Å²) in [6.45, 7) is 4.79. The number of ether oxygens (including phenoxy) is 3. The quantitative estimate of drug-likeness (QED) is 0.406. The minimum atomic E-state index is 0.641. The molecule has 6 nitrogen and oxygen atoms in total. The fraction of sp³-hybridized carbons (Fsp3) is 0.273. The molecule has 0 radical (unpaired) electrons. The summed E-state index contributed by atoms with van der Waals surface area (Å²) in [5.74, 6) is 3.23. The Labute approximate surface area is 164 Å². The van der Waals surface area contributed by atoms with Gasteiger partial charge in [0.1, 0.15) is 11.6 Å². The third-order valence-electron chi connectivity index (χ3n) is 5.00. The molecule has 2 aliphatic rings. The van der Waals surface area contributed by atoms with Crippen molar-refractivity contribution in [3.8, 4) is 28.5 Å². The van der Waals surface area contributed by atoms with Crippen LogP contribution in [0.4, 0.5) is 11.5 Å². The van der Waals surface area contributed by atoms with E-state index >= 15 is 0 Å². The van der Waals surface area contributed by atoms with Crippen LogP contribution in [0.15, 0.2) is 36.4 Å². The van der Waals surface area contributed by atoms with Crippen molar-refractivity contribution in [1.82, 2.24) is 10.2 Å². The summed E-state index contributed by atoms with van der Waals surface area (Å²) in [5.41, 5.74) is 4.42. The lowest BCUT2D eigenvalue weighted by atomic mass is 10.1. The smallest absolute Gasteiger partial charge is 0.161 e. The van der Waals surface area contributed by atoms with Crippen molar-refractivity contribution in [2.75, 3.05) is 26.1 Å². The summed E-state index contributed by atoms with van der Waals surface area (Å²) in [6.07, 6.45) is 0.898. The number of hydrogen-bond donors (Lipinski definition) is 3. The highest BCUT2D eigenvalue weighted by molar-refractivity contribution is 6.08. The number of anilines is 2. The first-order valence-corrected chi connectivity index (χ1v) is 9.46. The second-order valence-corrected chi connectivity index (χ2v) is 6.55. The molecule has 0 spiro atoms. The predicted octanol–water partition coefficient (Wildman–Crippen LogP) is 5.32. The molecule has 28 heavy (non-hydrogen) atoms. The number of nitrogens with one attached hydrogen (secondary N) is 3. The highest BCUT2D eigenvalue weighted by Gasteiger charge is 2.24. The zero-order valence-electron chi connectivity index (χ0n) is 16.6. The van der Waals surface area contributed by atoms with Gasteiger partial charge >= 0.3 is 0 Å². The van der Waals surface area contributed by atoms with Crippen LogP contribution in [0.2, 0.25) is 0 Å². The summed E-state index contributed by atoms with van der Waals surface area (Å²) in [6, 6.07) is 12.0. The van der Waals surface area contributed by atoms with Gasteiger partial charge in [-0.1, -0.05) is 13.0 Å². The minimum Gasteiger partial charge on any atom is -0.494 e. The molecule has 6 heteroatoms. The number of aromatic nitrogens is 2. The summed E-state index contributed by atoms with van der Waals surface area (Å²) in [5, 5.41) is 12.4. The molecular weight excluding hydrogens is 354 g/mol. The second kappa shape index (κ2) is 7.38. The van der Waals surface area contributed by atoms with E-state index in [1.54, 1.807) is 14.2 Å². The Hall–Kier alpha value is -3.28. The summed E-state index contributed by atoms with van der Waals surface area (Å²) in [7, 11) is 3.32. The van der Waals surface area contributed by atoms with Gasteiger partial charge in [-0.25, -0.2) is 0 Å². The molecule has 2 aromatic carbocycles. The van der Waals surface area contributed by atoms with E-state index in [9.17, 15) is 0 Å². The number of methoxy groups -OCH3 is 2. The maximum atomic E-state index is 5.61. The molecule has 1 heterocycles. The summed E-state index contributed by atoms with van der Waals surface area (Å²) in [4.78, 5) is 0. The van der Waals surface area contributed by atoms with Crippen LogP contribution in [-0.2, 0) is 6.42 Å². The highest BCUT2D eigenvalue weighted by atomic mass is 16.5. The number of fused-ring (bicyclic) bond motifs is 3. The third kappa shape index (κ3) is 2.91. The summed E-state index contributed by atoms with van der Waals surface area (Å²) >= 11 is 0. The number of hydrogen-bond acceptors (Lipinski definition) is 4. The van der Waals surface area contributed by atoms with E-state index in [-0.39, 0.29) is 0 Å². The van der Waals surface area contributed by atoms with E-state index in [2.05, 4.69) is 28.5 Å². The lowest BCUT2D eigenvalue weighted by Crippen LogP contribution is -1.95. The van der Waals surface area contributed by atoms with Crippen LogP contribution >= 0.6 is 0 Å². The first kappa shape index (κ1) is 18.1. The Bertz CT molecular complexity index is 1080. The third-order valence-corrected chi connectivity index (χ3v) is 5.00. The number of H-pyrrole nitrogens is 2. The topological polar surface area (TPSA) is 71.3 Å². The average Bonchev–Trinajstić information content (AvgIpc) is 3.25. The number of benzene rings is 2. The van der Waals surface area contributed by atoms with Gasteiger partial charge in [0.2, 0.25) is 0 Å². The van der Waals surface area contributed by atoms with Crippen molar-refractivity contribution in [2.24, 2.45) is 0 Å². The number of rotatable bonds is 7. The highest BCUT2D eigenvalue weighted by Crippen LogP contribution is 2.46. The fourth-order valence-electron chi connectivity index (χ4n) is 3.78. The van der Waals surface area contributed by atoms with Gasteiger partial charge in [0.15, 0.2) is 11.5 Å². The second-order valence-electron chi connectivity index (χ2n) is 6.55. The first-order valence-electron chi connectivity index (χ1n) is 9.46. The van der Waals surface area contributed by atoms with Crippen molar-refractivity contribution in [2.45, 2.75) is 20.3 Å². The molecule has 1 aliphatic carbocycles. The molecule has 3 N–H and O–H groups in total. The van der Waals surface area contributed by atoms with Gasteiger partial charge in [-0.2, -0.15) is 0 Å². The van der Waals surface area contributed by atoms with Crippen molar-refractivity contribution in [3.63, 3.8) is 0 Å². The Balaban J connectivity index is 1.82. The number of aryl methyl sites for hydroxylation is 1. The zero-order chi connectivity index (χ0) is 19.7. The molecule has 0 saturated carbocycles. The van der Waals surface area contributed by atoms with Gasteiger partial charge in [-0.3, -0.25) is 10.2 Å². The fourth-order valence-corrected chi connectivity index (χ4v) is 3.78. The molecule has 0 bridgehead atoms. The van der Waals surface area contributed by atoms with Crippen molar-refractivity contribution in [3.05, 3.63) is 42.0 Å². The molecule has 0 amide bonds. The predicted molar refractivity (Wildman–Crippen MR) is 113 cm³/mol. The van der Waals surface area contributed by atoms with Crippen LogP contribution < -0.4 is 19.5 Å². The zero-order valence-corrected chi connectivity index (χ0v) is 16.6. The van der Waals surface area contributed by atoms with E-state index < -0.39 is 0 Å². The van der Waals surface area contributed by atoms with Gasteiger partial charge in [0.05, 0.1) is 26.5 Å². The van der Waals surface area contributed by atoms with Gasteiger partial charge in [0.25, 0.3) is 0 Å². The minimum absolute atomic E-state index is 0.641. The largest absolute Gasteiger partial charge is 0.494 e. The Morgan fingerprint density at radius 2 is 1.68 bits per heavy atom. The Morgan fingerprint density at radius 3 is 2.36 bits per heavy atom. The van der Waals surface area contributed by atoms with Crippen molar-refractivity contribution < 1.29 is 14.2 Å². The SMILES string of the molecule is CCOc1cccc(Nc2[nH][nH]c3c4cc(OC)c(OC)cc4c(CC)c2-3)c1. The van der Waals surface area contributed by atoms with Crippen LogP contribution in [0.1, 0.15) is 19.4 Å². The van der Waals surface area contributed by atoms with Crippen LogP contribution in [0, 0.1) is 0 Å². The Kier molecular flexibility index (Phi) is 4.77. The molecular formula is C22H25N3O3. The van der Waals surface area contributed by atoms with Crippen LogP contribution in [0.3, 0.4) is 0 Å². The normalized spacial score (nSPS) is 11.1. The van der Waals surface area contributed by atoms with Crippen molar-refractivity contribution >= 4 is 22.3 Å². The molecule has 146 valence electrons. The van der Waals surface area contributed by atoms with Gasteiger partial charge in [0, 0.05) is 22.7 Å². The van der Waals surface area contributed by atoms with Gasteiger partial charge in [-0.15, -0.1) is 0 Å². The molecule has 0 saturated heterocycles. The molecule has 0 aromatic heterocycles. The average molecular weight is 379 g/mol. The molecule has 4 rings (SSSR count). The lowest BCUT2D eigenvalue weighted by Gasteiger charge is -2.09. The molecule has 1 aliphatic heterocycles. The molecule has 0 atom stereocenters. The van der Waals surface area contributed by atoms with E-state index in [4.69, 9.17) is 14.2 Å². The Morgan fingerprint density at radius 1 is 0.929 bits per heavy atom. The van der Waals surface area contributed by atoms with Crippen molar-refractivity contribution in [1.29, 1.82) is 0 Å². The van der Waals surface area contributed by atoms with Crippen LogP contribution in [-0.4, -0.2) is 31.0 Å². The van der Waals surface area contributed by atoms with E-state index in [1.165, 1.54) is 10.9 Å². The van der Waals surface area contributed by atoms with E-state index in [0.29, 0.717) is 6.61 Å². The standard InChI is InChI=1S/C22H25N3O3/c1-5-15-16-11-18(26-3)19(27-4)12-17(16)21-20(15)22(25-24-21)23-13-8-7-9-14(10-13)28-6-2/h7-12,23-25H,5-6H2,1-4H3. The van der Waals surface area contributed by atoms with Gasteiger partial charge in [-0.05, 0) is 48.6 Å². The molecule has 2 aromatic rings. The lowest BCUT2D eigenvalue weighted by molar-refractivity contribution is 0.340. The maximum absolute atomic E-state index is 5.61. The molecule has 0 fully saturated rings. The number of aromatic amines is 2. The van der Waals surface area contributed by atoms with Crippen LogP contribution in [0.25, 0.3) is 22.0 Å². The summed E-state index contributed by atoms with van der Waals surface area (Å²) < 4.78 is 16.6. The first-order chi connectivity index (χ1) is 13.7. The van der Waals surface area contributed by atoms with Crippen LogP contribution in [0.5, 0.6) is 17.2 Å². The molecule has 0 unspecified atom stereocenters. The van der Waals surface area contributed by atoms with E-state index in [1.807, 2.05) is 37.3 Å². The van der Waals surface area contributed by atoms with E-state index in [0.717, 1.165) is 51.8 Å². The monoisotopic (exact) mass is 379 g/mol. The maximum Gasteiger partial charge on any atom is 0.161 e.